The van der Waals surface area contributed by atoms with E-state index in [0.29, 0.717) is 18.3 Å². The largest absolute Gasteiger partial charge is 0.496 e. The average molecular weight is 390 g/mol. The molecule has 6 heteroatoms. The zero-order valence-electron chi connectivity index (χ0n) is 17.0. The maximum Gasteiger partial charge on any atom is 0.275 e. The fraction of sp³-hybridized carbons (Fsp3) is 0.261. The number of nitrogens with zero attached hydrogens (tertiary/aromatic N) is 2. The lowest BCUT2D eigenvalue weighted by Crippen LogP contribution is -2.16. The third-order valence-corrected chi connectivity index (χ3v) is 4.61. The van der Waals surface area contributed by atoms with Gasteiger partial charge in [-0.25, -0.2) is 9.97 Å². The summed E-state index contributed by atoms with van der Waals surface area (Å²) < 4.78 is 5.36. The molecule has 1 aromatic heterocycles. The first-order chi connectivity index (χ1) is 14.1. The number of rotatable bonds is 8. The number of amides is 1. The quantitative estimate of drug-likeness (QED) is 0.592. The van der Waals surface area contributed by atoms with Crippen molar-refractivity contribution in [3.63, 3.8) is 0 Å². The minimum Gasteiger partial charge on any atom is -0.496 e. The van der Waals surface area contributed by atoms with Gasteiger partial charge in [0, 0.05) is 12.2 Å². The number of hydrogen-bond donors (Lipinski definition) is 2. The second kappa shape index (κ2) is 9.68. The molecule has 0 unspecified atom stereocenters. The SMILES string of the molecule is COc1ccccc1CCNc1cnc(C(=O)Nc2ccccc2C(C)C)cn1. The summed E-state index contributed by atoms with van der Waals surface area (Å²) in [5, 5.41) is 6.15. The molecule has 0 aliphatic rings. The zero-order chi connectivity index (χ0) is 20.6. The van der Waals surface area contributed by atoms with Gasteiger partial charge in [0.2, 0.25) is 0 Å². The normalized spacial score (nSPS) is 10.6. The van der Waals surface area contributed by atoms with Crippen LogP contribution in [-0.2, 0) is 6.42 Å². The van der Waals surface area contributed by atoms with Gasteiger partial charge in [0.25, 0.3) is 5.91 Å². The number of nitrogens with one attached hydrogen (secondary N) is 2. The molecule has 0 atom stereocenters. The van der Waals surface area contributed by atoms with Crippen molar-refractivity contribution in [2.24, 2.45) is 0 Å². The smallest absolute Gasteiger partial charge is 0.275 e. The molecule has 3 rings (SSSR count). The summed E-state index contributed by atoms with van der Waals surface area (Å²) in [7, 11) is 1.67. The van der Waals surface area contributed by atoms with E-state index in [1.165, 1.54) is 6.20 Å². The van der Waals surface area contributed by atoms with E-state index in [-0.39, 0.29) is 11.6 Å². The van der Waals surface area contributed by atoms with E-state index in [1.54, 1.807) is 13.3 Å². The Morgan fingerprint density at radius 3 is 2.52 bits per heavy atom. The lowest BCUT2D eigenvalue weighted by molar-refractivity contribution is 0.102. The van der Waals surface area contributed by atoms with E-state index >= 15 is 0 Å². The van der Waals surface area contributed by atoms with Crippen molar-refractivity contribution in [1.82, 2.24) is 9.97 Å². The van der Waals surface area contributed by atoms with Crippen LogP contribution in [0.25, 0.3) is 0 Å². The number of hydrogen-bond acceptors (Lipinski definition) is 5. The van der Waals surface area contributed by atoms with Crippen molar-refractivity contribution in [2.75, 3.05) is 24.3 Å². The fourth-order valence-corrected chi connectivity index (χ4v) is 3.07. The second-order valence-corrected chi connectivity index (χ2v) is 6.97. The van der Waals surface area contributed by atoms with Crippen LogP contribution in [0.2, 0.25) is 0 Å². The highest BCUT2D eigenvalue weighted by Gasteiger charge is 2.12. The van der Waals surface area contributed by atoms with Crippen molar-refractivity contribution in [1.29, 1.82) is 0 Å². The van der Waals surface area contributed by atoms with Crippen molar-refractivity contribution >= 4 is 17.4 Å². The minimum atomic E-state index is -0.272. The summed E-state index contributed by atoms with van der Waals surface area (Å²) in [6.07, 6.45) is 3.85. The van der Waals surface area contributed by atoms with Crippen LogP contribution in [0.3, 0.4) is 0 Å². The van der Waals surface area contributed by atoms with Crippen LogP contribution in [0.4, 0.5) is 11.5 Å². The molecule has 2 N–H and O–H groups in total. The summed E-state index contributed by atoms with van der Waals surface area (Å²) in [5.41, 5.74) is 3.28. The summed E-state index contributed by atoms with van der Waals surface area (Å²) in [4.78, 5) is 21.1. The highest BCUT2D eigenvalue weighted by molar-refractivity contribution is 6.03. The predicted octanol–water partition coefficient (Wildman–Crippen LogP) is 4.52. The molecule has 0 saturated heterocycles. The maximum atomic E-state index is 12.5. The van der Waals surface area contributed by atoms with Crippen LogP contribution < -0.4 is 15.4 Å². The van der Waals surface area contributed by atoms with Crippen molar-refractivity contribution in [2.45, 2.75) is 26.2 Å². The predicted molar refractivity (Wildman–Crippen MR) is 116 cm³/mol. The molecule has 3 aromatic rings. The number of aromatic nitrogens is 2. The Balaban J connectivity index is 1.58. The molecule has 29 heavy (non-hydrogen) atoms. The van der Waals surface area contributed by atoms with E-state index in [1.807, 2.05) is 48.5 Å². The highest BCUT2D eigenvalue weighted by atomic mass is 16.5. The second-order valence-electron chi connectivity index (χ2n) is 6.97. The topological polar surface area (TPSA) is 76.1 Å². The number of methoxy groups -OCH3 is 1. The van der Waals surface area contributed by atoms with Gasteiger partial charge in [-0.05, 0) is 35.6 Å². The molecule has 0 spiro atoms. The molecule has 6 nitrogen and oxygen atoms in total. The lowest BCUT2D eigenvalue weighted by Gasteiger charge is -2.13. The molecule has 0 aliphatic heterocycles. The maximum absolute atomic E-state index is 12.5. The van der Waals surface area contributed by atoms with Gasteiger partial charge in [0.15, 0.2) is 0 Å². The summed E-state index contributed by atoms with van der Waals surface area (Å²) in [6.45, 7) is 4.87. The molecule has 1 heterocycles. The zero-order valence-corrected chi connectivity index (χ0v) is 17.0. The molecular weight excluding hydrogens is 364 g/mol. The van der Waals surface area contributed by atoms with E-state index < -0.39 is 0 Å². The molecule has 0 saturated carbocycles. The van der Waals surface area contributed by atoms with Gasteiger partial charge < -0.3 is 15.4 Å². The van der Waals surface area contributed by atoms with Crippen LogP contribution in [0.5, 0.6) is 5.75 Å². The Morgan fingerprint density at radius 2 is 1.79 bits per heavy atom. The number of carbonyl (C=O) groups is 1. The van der Waals surface area contributed by atoms with E-state index in [9.17, 15) is 4.79 Å². The summed E-state index contributed by atoms with van der Waals surface area (Å²) in [6, 6.07) is 15.7. The lowest BCUT2D eigenvalue weighted by atomic mass is 10.0. The molecule has 1 amide bonds. The molecular formula is C23H26N4O2. The number of anilines is 2. The summed E-state index contributed by atoms with van der Waals surface area (Å²) in [5.74, 6) is 1.53. The Bertz CT molecular complexity index is 955. The first-order valence-corrected chi connectivity index (χ1v) is 9.66. The van der Waals surface area contributed by atoms with Gasteiger partial charge >= 0.3 is 0 Å². The van der Waals surface area contributed by atoms with Crippen LogP contribution in [0.1, 0.15) is 41.4 Å². The molecule has 0 fully saturated rings. The number of ether oxygens (including phenoxy) is 1. The van der Waals surface area contributed by atoms with E-state index in [0.717, 1.165) is 29.0 Å². The fourth-order valence-electron chi connectivity index (χ4n) is 3.07. The average Bonchev–Trinajstić information content (AvgIpc) is 2.74. The van der Waals surface area contributed by atoms with E-state index in [2.05, 4.69) is 34.4 Å². The Labute approximate surface area is 171 Å². The third kappa shape index (κ3) is 5.31. The van der Waals surface area contributed by atoms with E-state index in [4.69, 9.17) is 4.74 Å². The third-order valence-electron chi connectivity index (χ3n) is 4.61. The monoisotopic (exact) mass is 390 g/mol. The first kappa shape index (κ1) is 20.3. The Hall–Kier alpha value is -3.41. The van der Waals surface area contributed by atoms with Gasteiger partial charge in [-0.2, -0.15) is 0 Å². The Kier molecular flexibility index (Phi) is 6.79. The van der Waals surface area contributed by atoms with Gasteiger partial charge in [0.05, 0.1) is 19.5 Å². The van der Waals surface area contributed by atoms with Crippen molar-refractivity contribution in [3.8, 4) is 5.75 Å². The summed E-state index contributed by atoms with van der Waals surface area (Å²) >= 11 is 0. The number of carbonyl (C=O) groups excluding carboxylic acids is 1. The highest BCUT2D eigenvalue weighted by Crippen LogP contribution is 2.24. The number of para-hydroxylation sites is 2. The van der Waals surface area contributed by atoms with Crippen molar-refractivity contribution in [3.05, 3.63) is 77.7 Å². The van der Waals surface area contributed by atoms with Crippen molar-refractivity contribution < 1.29 is 9.53 Å². The van der Waals surface area contributed by atoms with Gasteiger partial charge in [-0.1, -0.05) is 50.2 Å². The van der Waals surface area contributed by atoms with Crippen LogP contribution in [-0.4, -0.2) is 29.5 Å². The van der Waals surface area contributed by atoms with Gasteiger partial charge in [-0.3, -0.25) is 4.79 Å². The standard InChI is InChI=1S/C23H26N4O2/c1-16(2)18-9-5-6-10-19(18)27-23(28)20-14-26-22(15-25-20)24-13-12-17-8-4-7-11-21(17)29-3/h4-11,14-16H,12-13H2,1-3H3,(H,24,26)(H,27,28). The van der Waals surface area contributed by atoms with Gasteiger partial charge in [-0.15, -0.1) is 0 Å². The molecule has 2 aromatic carbocycles. The first-order valence-electron chi connectivity index (χ1n) is 9.66. The van der Waals surface area contributed by atoms with Gasteiger partial charge in [0.1, 0.15) is 17.3 Å². The molecule has 0 bridgehead atoms. The molecule has 150 valence electrons. The van der Waals surface area contributed by atoms with Crippen LogP contribution in [0.15, 0.2) is 60.9 Å². The molecule has 0 aliphatic carbocycles. The Morgan fingerprint density at radius 1 is 1.03 bits per heavy atom. The van der Waals surface area contributed by atoms with Crippen LogP contribution >= 0.6 is 0 Å². The van der Waals surface area contributed by atoms with Crippen LogP contribution in [0, 0.1) is 0 Å². The minimum absolute atomic E-state index is 0.272. The number of benzene rings is 2. The molecule has 0 radical (unpaired) electrons.